The molecule has 31 heavy (non-hydrogen) atoms. The summed E-state index contributed by atoms with van der Waals surface area (Å²) in [4.78, 5) is 16.6. The van der Waals surface area contributed by atoms with Gasteiger partial charge in [-0.2, -0.15) is 9.36 Å². The summed E-state index contributed by atoms with van der Waals surface area (Å²) < 4.78 is 9.65. The Morgan fingerprint density at radius 1 is 1.00 bits per heavy atom. The first-order valence-corrected chi connectivity index (χ1v) is 10.6. The second-order valence-electron chi connectivity index (χ2n) is 7.48. The van der Waals surface area contributed by atoms with E-state index in [2.05, 4.69) is 44.3 Å². The minimum atomic E-state index is -0.300. The number of aryl methyl sites for hydroxylation is 4. The van der Waals surface area contributed by atoms with E-state index in [0.29, 0.717) is 12.3 Å². The van der Waals surface area contributed by atoms with E-state index >= 15 is 0 Å². The molecule has 0 amide bonds. The molecule has 0 saturated heterocycles. The molecule has 0 radical (unpaired) electrons. The van der Waals surface area contributed by atoms with Crippen LogP contribution in [-0.4, -0.2) is 24.8 Å². The van der Waals surface area contributed by atoms with E-state index in [0.717, 1.165) is 43.6 Å². The van der Waals surface area contributed by atoms with E-state index in [-0.39, 0.29) is 5.69 Å². The smallest absolute Gasteiger partial charge is 0.368 e. The fraction of sp³-hybridized carbons (Fsp3) is 0.217. The SMILES string of the molecule is Cc1cc(-c2cncc(Br)c2)c(C)cc1OCc1c(C)cccc1-n1nnn(C)c1=O. The highest BCUT2D eigenvalue weighted by atomic mass is 79.9. The molecule has 7 nitrogen and oxygen atoms in total. The van der Waals surface area contributed by atoms with Crippen molar-refractivity contribution in [1.82, 2.24) is 24.8 Å². The molecule has 158 valence electrons. The van der Waals surface area contributed by atoms with E-state index in [4.69, 9.17) is 4.74 Å². The minimum Gasteiger partial charge on any atom is -0.489 e. The van der Waals surface area contributed by atoms with Crippen molar-refractivity contribution in [3.05, 3.63) is 86.0 Å². The Hall–Kier alpha value is -3.26. The fourth-order valence-corrected chi connectivity index (χ4v) is 3.87. The van der Waals surface area contributed by atoms with Crippen LogP contribution in [-0.2, 0) is 13.7 Å². The summed E-state index contributed by atoms with van der Waals surface area (Å²) >= 11 is 3.48. The van der Waals surface area contributed by atoms with Gasteiger partial charge in [-0.15, -0.1) is 0 Å². The summed E-state index contributed by atoms with van der Waals surface area (Å²) in [5.74, 6) is 0.796. The molecule has 0 spiro atoms. The molecule has 0 N–H and O–H groups in total. The number of tetrazole rings is 1. The third-order valence-electron chi connectivity index (χ3n) is 5.25. The number of aromatic nitrogens is 5. The maximum Gasteiger partial charge on any atom is 0.368 e. The van der Waals surface area contributed by atoms with Gasteiger partial charge in [-0.05, 0) is 93.6 Å². The highest BCUT2D eigenvalue weighted by Crippen LogP contribution is 2.32. The normalized spacial score (nSPS) is 11.0. The van der Waals surface area contributed by atoms with Crippen LogP contribution in [0.4, 0.5) is 0 Å². The average Bonchev–Trinajstić information content (AvgIpc) is 3.07. The van der Waals surface area contributed by atoms with Gasteiger partial charge in [-0.1, -0.05) is 12.1 Å². The van der Waals surface area contributed by atoms with Gasteiger partial charge in [0.15, 0.2) is 0 Å². The summed E-state index contributed by atoms with van der Waals surface area (Å²) in [6, 6.07) is 11.9. The lowest BCUT2D eigenvalue weighted by Crippen LogP contribution is -2.23. The Balaban J connectivity index is 1.66. The predicted molar refractivity (Wildman–Crippen MR) is 123 cm³/mol. The van der Waals surface area contributed by atoms with Crippen molar-refractivity contribution in [2.45, 2.75) is 27.4 Å². The van der Waals surface area contributed by atoms with Crippen LogP contribution in [0.3, 0.4) is 0 Å². The number of halogens is 1. The number of nitrogens with zero attached hydrogens (tertiary/aromatic N) is 5. The molecule has 2 aromatic carbocycles. The van der Waals surface area contributed by atoms with Crippen LogP contribution < -0.4 is 10.4 Å². The minimum absolute atomic E-state index is 0.300. The molecule has 2 heterocycles. The average molecular weight is 480 g/mol. The van der Waals surface area contributed by atoms with Crippen LogP contribution in [0.25, 0.3) is 16.8 Å². The molecule has 0 unspecified atom stereocenters. The first-order chi connectivity index (χ1) is 14.8. The number of hydrogen-bond donors (Lipinski definition) is 0. The number of pyridine rings is 1. The van der Waals surface area contributed by atoms with Gasteiger partial charge in [0.05, 0.1) is 5.69 Å². The second-order valence-corrected chi connectivity index (χ2v) is 8.40. The summed E-state index contributed by atoms with van der Waals surface area (Å²) in [6.07, 6.45) is 3.62. The maximum absolute atomic E-state index is 12.4. The van der Waals surface area contributed by atoms with E-state index in [9.17, 15) is 4.79 Å². The number of rotatable bonds is 5. The molecule has 0 aliphatic heterocycles. The molecular formula is C23H22BrN5O2. The first-order valence-electron chi connectivity index (χ1n) is 9.78. The summed E-state index contributed by atoms with van der Waals surface area (Å²) in [7, 11) is 1.58. The number of hydrogen-bond acceptors (Lipinski definition) is 5. The zero-order chi connectivity index (χ0) is 22.1. The zero-order valence-corrected chi connectivity index (χ0v) is 19.3. The Bertz CT molecular complexity index is 1330. The molecule has 0 bridgehead atoms. The Morgan fingerprint density at radius 3 is 2.52 bits per heavy atom. The Kier molecular flexibility index (Phi) is 5.73. The molecule has 2 aromatic heterocycles. The summed E-state index contributed by atoms with van der Waals surface area (Å²) in [5, 5.41) is 7.80. The molecule has 0 aliphatic carbocycles. The number of ether oxygens (including phenoxy) is 1. The quantitative estimate of drug-likeness (QED) is 0.426. The van der Waals surface area contributed by atoms with Crippen molar-refractivity contribution in [2.75, 3.05) is 0 Å². The highest BCUT2D eigenvalue weighted by molar-refractivity contribution is 9.10. The van der Waals surface area contributed by atoms with Crippen LogP contribution in [0, 0.1) is 20.8 Å². The first kappa shape index (κ1) is 21.0. The fourth-order valence-electron chi connectivity index (χ4n) is 3.50. The molecular weight excluding hydrogens is 458 g/mol. The highest BCUT2D eigenvalue weighted by Gasteiger charge is 2.15. The molecule has 4 aromatic rings. The zero-order valence-electron chi connectivity index (χ0n) is 17.8. The van der Waals surface area contributed by atoms with E-state index in [1.165, 1.54) is 9.36 Å². The van der Waals surface area contributed by atoms with Crippen molar-refractivity contribution in [3.8, 4) is 22.6 Å². The van der Waals surface area contributed by atoms with E-state index < -0.39 is 0 Å². The molecule has 4 rings (SSSR count). The number of benzene rings is 2. The topological polar surface area (TPSA) is 74.8 Å². The van der Waals surface area contributed by atoms with Crippen LogP contribution in [0.5, 0.6) is 5.75 Å². The van der Waals surface area contributed by atoms with Crippen LogP contribution in [0.2, 0.25) is 0 Å². The third kappa shape index (κ3) is 4.16. The third-order valence-corrected chi connectivity index (χ3v) is 5.68. The van der Waals surface area contributed by atoms with Crippen LogP contribution >= 0.6 is 15.9 Å². The van der Waals surface area contributed by atoms with Gasteiger partial charge < -0.3 is 4.74 Å². The lowest BCUT2D eigenvalue weighted by atomic mass is 9.99. The second kappa shape index (κ2) is 8.47. The van der Waals surface area contributed by atoms with Crippen molar-refractivity contribution >= 4 is 15.9 Å². The van der Waals surface area contributed by atoms with Gasteiger partial charge in [0.2, 0.25) is 0 Å². The van der Waals surface area contributed by atoms with Crippen molar-refractivity contribution in [2.24, 2.45) is 7.05 Å². The van der Waals surface area contributed by atoms with Crippen molar-refractivity contribution in [3.63, 3.8) is 0 Å². The van der Waals surface area contributed by atoms with Gasteiger partial charge in [0, 0.05) is 35.0 Å². The Labute approximate surface area is 188 Å². The van der Waals surface area contributed by atoms with Crippen molar-refractivity contribution in [1.29, 1.82) is 0 Å². The molecule has 0 saturated carbocycles. The maximum atomic E-state index is 12.4. The van der Waals surface area contributed by atoms with Gasteiger partial charge in [0.25, 0.3) is 0 Å². The standard InChI is InChI=1S/C23H22BrN5O2/c1-14-6-5-7-21(29-23(30)28(4)26-27-29)20(14)13-31-22-9-15(2)19(8-16(22)3)17-10-18(24)12-25-11-17/h5-12H,13H2,1-4H3. The summed E-state index contributed by atoms with van der Waals surface area (Å²) in [6.45, 7) is 6.38. The van der Waals surface area contributed by atoms with Crippen LogP contribution in [0.1, 0.15) is 22.3 Å². The van der Waals surface area contributed by atoms with Gasteiger partial charge in [-0.3, -0.25) is 4.98 Å². The molecule has 0 atom stereocenters. The summed E-state index contributed by atoms with van der Waals surface area (Å²) in [5.41, 5.74) is 6.55. The molecule has 8 heteroatoms. The monoisotopic (exact) mass is 479 g/mol. The van der Waals surface area contributed by atoms with Gasteiger partial charge in [0.1, 0.15) is 12.4 Å². The lowest BCUT2D eigenvalue weighted by molar-refractivity contribution is 0.302. The molecule has 0 aliphatic rings. The Morgan fingerprint density at radius 2 is 1.81 bits per heavy atom. The predicted octanol–water partition coefficient (Wildman–Crippen LogP) is 4.29. The van der Waals surface area contributed by atoms with Crippen molar-refractivity contribution < 1.29 is 4.74 Å². The molecule has 0 fully saturated rings. The largest absolute Gasteiger partial charge is 0.489 e. The van der Waals surface area contributed by atoms with Gasteiger partial charge >= 0.3 is 5.69 Å². The van der Waals surface area contributed by atoms with E-state index in [1.807, 2.05) is 50.4 Å². The van der Waals surface area contributed by atoms with Crippen LogP contribution in [0.15, 0.2) is 58.1 Å². The van der Waals surface area contributed by atoms with Gasteiger partial charge in [-0.25, -0.2) is 4.79 Å². The lowest BCUT2D eigenvalue weighted by Gasteiger charge is -2.16. The van der Waals surface area contributed by atoms with E-state index in [1.54, 1.807) is 13.2 Å².